The molecule has 0 unspecified atom stereocenters. The van der Waals surface area contributed by atoms with Crippen molar-refractivity contribution in [1.82, 2.24) is 10.2 Å². The predicted octanol–water partition coefficient (Wildman–Crippen LogP) is 5.64. The molecule has 0 bridgehead atoms. The van der Waals surface area contributed by atoms with Crippen molar-refractivity contribution in [3.05, 3.63) is 89.6 Å². The van der Waals surface area contributed by atoms with E-state index in [1.54, 1.807) is 35.2 Å². The number of benzene rings is 3. The smallest absolute Gasteiger partial charge is 0.314 e. The van der Waals surface area contributed by atoms with Crippen LogP contribution in [0.5, 0.6) is 0 Å². The number of anilines is 1. The van der Waals surface area contributed by atoms with E-state index in [-0.39, 0.29) is 17.6 Å². The highest BCUT2D eigenvalue weighted by atomic mass is 19.3. The van der Waals surface area contributed by atoms with Crippen molar-refractivity contribution in [2.75, 3.05) is 4.90 Å². The maximum absolute atomic E-state index is 13.3. The first-order valence-corrected chi connectivity index (χ1v) is 9.43. The fourth-order valence-corrected chi connectivity index (χ4v) is 3.65. The zero-order valence-electron chi connectivity index (χ0n) is 15.9. The quantitative estimate of drug-likeness (QED) is 0.428. The minimum atomic E-state index is -2.87. The van der Waals surface area contributed by atoms with Gasteiger partial charge in [0.15, 0.2) is 0 Å². The van der Waals surface area contributed by atoms with Gasteiger partial charge in [-0.2, -0.15) is 8.78 Å². The molecule has 2 heterocycles. The summed E-state index contributed by atoms with van der Waals surface area (Å²) in [6.45, 7) is 0.346. The first-order valence-electron chi connectivity index (χ1n) is 9.43. The monoisotopic (exact) mass is 421 g/mol. The van der Waals surface area contributed by atoms with Gasteiger partial charge in [0.2, 0.25) is 5.89 Å². The van der Waals surface area contributed by atoms with Crippen molar-refractivity contribution in [3.63, 3.8) is 0 Å². The molecule has 0 aliphatic carbocycles. The Kier molecular flexibility index (Phi) is 4.54. The highest BCUT2D eigenvalue weighted by Gasteiger charge is 2.31. The Labute approximate surface area is 174 Å². The number of rotatable bonds is 4. The molecule has 0 N–H and O–H groups in total. The Hall–Kier alpha value is -3.94. The molecule has 5 nitrogen and oxygen atoms in total. The van der Waals surface area contributed by atoms with Gasteiger partial charge in [0.25, 0.3) is 11.8 Å². The molecule has 31 heavy (non-hydrogen) atoms. The summed E-state index contributed by atoms with van der Waals surface area (Å²) >= 11 is 0. The molecule has 0 spiro atoms. The first kappa shape index (κ1) is 19.0. The molecular weight excluding hydrogens is 407 g/mol. The van der Waals surface area contributed by atoms with Gasteiger partial charge in [-0.15, -0.1) is 10.2 Å². The summed E-state index contributed by atoms with van der Waals surface area (Å²) in [5, 5.41) is 6.97. The van der Waals surface area contributed by atoms with Crippen LogP contribution in [0.2, 0.25) is 0 Å². The third kappa shape index (κ3) is 3.35. The van der Waals surface area contributed by atoms with Gasteiger partial charge in [-0.3, -0.25) is 4.79 Å². The van der Waals surface area contributed by atoms with Crippen LogP contribution in [0.25, 0.3) is 22.6 Å². The van der Waals surface area contributed by atoms with Gasteiger partial charge in [0, 0.05) is 16.7 Å². The Balaban J connectivity index is 1.50. The van der Waals surface area contributed by atoms with Crippen molar-refractivity contribution in [3.8, 4) is 22.6 Å². The molecule has 1 aromatic heterocycles. The molecule has 0 saturated carbocycles. The fourth-order valence-electron chi connectivity index (χ4n) is 3.65. The summed E-state index contributed by atoms with van der Waals surface area (Å²) in [7, 11) is 0. The number of carbonyl (C=O) groups excluding carboxylic acids is 1. The molecule has 154 valence electrons. The Bertz CT molecular complexity index is 1290. The predicted molar refractivity (Wildman–Crippen MR) is 107 cm³/mol. The molecule has 0 fully saturated rings. The number of aromatic nitrogens is 2. The number of fused-ring (bicyclic) bond motifs is 1. The van der Waals surface area contributed by atoms with E-state index in [2.05, 4.69) is 10.2 Å². The normalized spacial score (nSPS) is 13.2. The number of amides is 1. The van der Waals surface area contributed by atoms with Gasteiger partial charge in [-0.05, 0) is 41.5 Å². The Morgan fingerprint density at radius 3 is 2.39 bits per heavy atom. The van der Waals surface area contributed by atoms with Crippen molar-refractivity contribution < 1.29 is 22.4 Å². The number of alkyl halides is 2. The number of para-hydroxylation sites is 1. The molecule has 0 saturated heterocycles. The van der Waals surface area contributed by atoms with Gasteiger partial charge in [-0.1, -0.05) is 36.4 Å². The summed E-state index contributed by atoms with van der Waals surface area (Å²) in [6.07, 6.45) is -2.87. The fraction of sp³-hybridized carbons (Fsp3) is 0.0870. The lowest BCUT2D eigenvalue weighted by atomic mass is 10.0. The summed E-state index contributed by atoms with van der Waals surface area (Å²) < 4.78 is 43.8. The van der Waals surface area contributed by atoms with E-state index in [0.29, 0.717) is 23.4 Å². The van der Waals surface area contributed by atoms with Crippen LogP contribution >= 0.6 is 0 Å². The van der Waals surface area contributed by atoms with Crippen LogP contribution in [0.15, 0.2) is 71.1 Å². The average Bonchev–Trinajstić information content (AvgIpc) is 3.40. The van der Waals surface area contributed by atoms with Gasteiger partial charge >= 0.3 is 6.43 Å². The summed E-state index contributed by atoms with van der Waals surface area (Å²) in [5.41, 5.74) is 3.88. The van der Waals surface area contributed by atoms with Crippen LogP contribution in [-0.4, -0.2) is 16.1 Å². The zero-order chi connectivity index (χ0) is 21.5. The second-order valence-corrected chi connectivity index (χ2v) is 7.03. The number of nitrogens with zero attached hydrogens (tertiary/aromatic N) is 3. The van der Waals surface area contributed by atoms with E-state index in [1.165, 1.54) is 12.1 Å². The molecule has 1 amide bonds. The molecule has 0 atom stereocenters. The molecule has 1 aliphatic heterocycles. The molecule has 8 heteroatoms. The third-order valence-corrected chi connectivity index (χ3v) is 5.14. The molecule has 4 aromatic rings. The van der Waals surface area contributed by atoms with E-state index in [0.717, 1.165) is 16.7 Å². The zero-order valence-corrected chi connectivity index (χ0v) is 15.9. The lowest BCUT2D eigenvalue weighted by Crippen LogP contribution is -2.23. The van der Waals surface area contributed by atoms with Gasteiger partial charge in [-0.25, -0.2) is 4.39 Å². The second-order valence-electron chi connectivity index (χ2n) is 7.03. The molecule has 5 rings (SSSR count). The summed E-state index contributed by atoms with van der Waals surface area (Å²) in [5.74, 6) is -1.41. The van der Waals surface area contributed by atoms with E-state index in [4.69, 9.17) is 4.42 Å². The molecule has 0 radical (unpaired) electrons. The standard InChI is InChI=1S/C23H14F3N3O2/c24-16-9-7-13(8-10-16)17-3-1-2-4-19(17)29-12-15-6-5-14(11-18(15)23(29)30)21-27-28-22(31-21)20(25)26/h1-11,20H,12H2. The highest BCUT2D eigenvalue weighted by molar-refractivity contribution is 6.12. The number of hydrogen-bond acceptors (Lipinski definition) is 4. The minimum Gasteiger partial charge on any atom is -0.415 e. The molecule has 1 aliphatic rings. The van der Waals surface area contributed by atoms with Gasteiger partial charge in [0.1, 0.15) is 5.82 Å². The third-order valence-electron chi connectivity index (χ3n) is 5.14. The van der Waals surface area contributed by atoms with Crippen LogP contribution in [0, 0.1) is 5.82 Å². The van der Waals surface area contributed by atoms with E-state index in [1.807, 2.05) is 24.3 Å². The minimum absolute atomic E-state index is 0.0731. The van der Waals surface area contributed by atoms with E-state index >= 15 is 0 Å². The highest BCUT2D eigenvalue weighted by Crippen LogP contribution is 2.37. The van der Waals surface area contributed by atoms with Crippen LogP contribution in [0.4, 0.5) is 18.9 Å². The maximum atomic E-state index is 13.3. The molecule has 3 aromatic carbocycles. The number of halogens is 3. The van der Waals surface area contributed by atoms with Gasteiger partial charge < -0.3 is 9.32 Å². The van der Waals surface area contributed by atoms with Crippen molar-refractivity contribution >= 4 is 11.6 Å². The molecular formula is C23H14F3N3O2. The van der Waals surface area contributed by atoms with E-state index < -0.39 is 12.3 Å². The number of hydrogen-bond donors (Lipinski definition) is 0. The van der Waals surface area contributed by atoms with Gasteiger partial charge in [0.05, 0.1) is 12.2 Å². The second kappa shape index (κ2) is 7.39. The lowest BCUT2D eigenvalue weighted by molar-refractivity contribution is 0.0996. The largest absolute Gasteiger partial charge is 0.415 e. The van der Waals surface area contributed by atoms with E-state index in [9.17, 15) is 18.0 Å². The van der Waals surface area contributed by atoms with Crippen LogP contribution < -0.4 is 4.90 Å². The maximum Gasteiger partial charge on any atom is 0.314 e. The number of carbonyl (C=O) groups is 1. The summed E-state index contributed by atoms with van der Waals surface area (Å²) in [4.78, 5) is 14.8. The summed E-state index contributed by atoms with van der Waals surface area (Å²) in [6, 6.07) is 18.4. The Morgan fingerprint density at radius 1 is 0.903 bits per heavy atom. The topological polar surface area (TPSA) is 59.2 Å². The van der Waals surface area contributed by atoms with Crippen LogP contribution in [-0.2, 0) is 6.54 Å². The average molecular weight is 421 g/mol. The SMILES string of the molecule is O=C1c2cc(-c3nnc(C(F)F)o3)ccc2CN1c1ccccc1-c1ccc(F)cc1. The van der Waals surface area contributed by atoms with Crippen molar-refractivity contribution in [1.29, 1.82) is 0 Å². The Morgan fingerprint density at radius 2 is 1.65 bits per heavy atom. The van der Waals surface area contributed by atoms with Crippen LogP contribution in [0.3, 0.4) is 0 Å². The van der Waals surface area contributed by atoms with Crippen molar-refractivity contribution in [2.24, 2.45) is 0 Å². The first-order chi connectivity index (χ1) is 15.0. The van der Waals surface area contributed by atoms with Crippen LogP contribution in [0.1, 0.15) is 28.2 Å². The van der Waals surface area contributed by atoms with Crippen molar-refractivity contribution in [2.45, 2.75) is 13.0 Å². The lowest BCUT2D eigenvalue weighted by Gasteiger charge is -2.20.